The van der Waals surface area contributed by atoms with E-state index in [4.69, 9.17) is 10.8 Å². The predicted octanol–water partition coefficient (Wildman–Crippen LogP) is -0.421. The fourth-order valence-corrected chi connectivity index (χ4v) is 4.15. The van der Waals surface area contributed by atoms with E-state index in [1.807, 2.05) is 24.3 Å². The molecule has 0 aliphatic carbocycles. The number of aliphatic carboxylic acids is 2. The largest absolute Gasteiger partial charge is 0.481 e. The zero-order chi connectivity index (χ0) is 25.5. The number of amides is 3. The Morgan fingerprint density at radius 3 is 2.60 bits per heavy atom. The normalized spacial score (nSPS) is 17.1. The average molecular weight is 488 g/mol. The molecule has 2 heterocycles. The van der Waals surface area contributed by atoms with Gasteiger partial charge in [0.05, 0.1) is 12.6 Å². The standard InChI is InChI=1S/C23H29N5O7/c24-15(10-13-11-25-16-5-2-1-4-14(13)16)21(32)27-17(7-8-20(30)31)22(33)26-12-19(29)28-9-3-6-18(28)23(34)35/h1-2,4-5,11,15,17-18,25H,3,6-10,12,24H2,(H,26,33)(H,27,32)(H,30,31)(H,34,35). The molecule has 12 nitrogen and oxygen atoms in total. The van der Waals surface area contributed by atoms with Crippen LogP contribution in [0.25, 0.3) is 10.9 Å². The first-order valence-electron chi connectivity index (χ1n) is 11.3. The lowest BCUT2D eigenvalue weighted by Crippen LogP contribution is -2.54. The number of likely N-dealkylation sites (tertiary alicyclic amines) is 1. The summed E-state index contributed by atoms with van der Waals surface area (Å²) >= 11 is 0. The molecule has 7 N–H and O–H groups in total. The molecule has 1 aliphatic heterocycles. The smallest absolute Gasteiger partial charge is 0.326 e. The fraction of sp³-hybridized carbons (Fsp3) is 0.435. The lowest BCUT2D eigenvalue weighted by Gasteiger charge is -2.23. The molecule has 12 heteroatoms. The number of rotatable bonds is 11. The van der Waals surface area contributed by atoms with Gasteiger partial charge in [-0.15, -0.1) is 0 Å². The highest BCUT2D eigenvalue weighted by molar-refractivity contribution is 5.93. The first-order valence-corrected chi connectivity index (χ1v) is 11.3. The number of H-pyrrole nitrogens is 1. The van der Waals surface area contributed by atoms with Crippen LogP contribution < -0.4 is 16.4 Å². The molecule has 35 heavy (non-hydrogen) atoms. The number of carbonyl (C=O) groups excluding carboxylic acids is 3. The number of carboxylic acid groups (broad SMARTS) is 2. The van der Waals surface area contributed by atoms with Crippen LogP contribution >= 0.6 is 0 Å². The summed E-state index contributed by atoms with van der Waals surface area (Å²) < 4.78 is 0. The lowest BCUT2D eigenvalue weighted by molar-refractivity contribution is -0.148. The predicted molar refractivity (Wildman–Crippen MR) is 124 cm³/mol. The van der Waals surface area contributed by atoms with Gasteiger partial charge in [-0.25, -0.2) is 4.79 Å². The Balaban J connectivity index is 1.60. The van der Waals surface area contributed by atoms with E-state index in [2.05, 4.69) is 15.6 Å². The second-order valence-corrected chi connectivity index (χ2v) is 8.46. The van der Waals surface area contributed by atoms with Gasteiger partial charge in [0, 0.05) is 30.1 Å². The second kappa shape index (κ2) is 11.5. The van der Waals surface area contributed by atoms with Gasteiger partial charge in [-0.1, -0.05) is 18.2 Å². The topological polar surface area (TPSA) is 195 Å². The molecular weight excluding hydrogens is 458 g/mol. The second-order valence-electron chi connectivity index (χ2n) is 8.46. The number of hydrogen-bond acceptors (Lipinski definition) is 6. The van der Waals surface area contributed by atoms with E-state index < -0.39 is 60.8 Å². The van der Waals surface area contributed by atoms with Crippen LogP contribution in [0.4, 0.5) is 0 Å². The van der Waals surface area contributed by atoms with Gasteiger partial charge in [-0.05, 0) is 37.3 Å². The molecule has 3 rings (SSSR count). The number of benzene rings is 1. The van der Waals surface area contributed by atoms with Crippen LogP contribution in [-0.2, 0) is 30.4 Å². The van der Waals surface area contributed by atoms with Crippen molar-refractivity contribution in [3.8, 4) is 0 Å². The molecule has 2 aromatic rings. The van der Waals surface area contributed by atoms with E-state index in [9.17, 15) is 29.1 Å². The summed E-state index contributed by atoms with van der Waals surface area (Å²) in [6.07, 6.45) is 2.22. The first kappa shape index (κ1) is 25.7. The maximum atomic E-state index is 12.7. The molecule has 1 saturated heterocycles. The lowest BCUT2D eigenvalue weighted by atomic mass is 10.0. The van der Waals surface area contributed by atoms with Gasteiger partial charge >= 0.3 is 11.9 Å². The van der Waals surface area contributed by atoms with Gasteiger partial charge in [0.2, 0.25) is 17.7 Å². The summed E-state index contributed by atoms with van der Waals surface area (Å²) in [6.45, 7) is -0.197. The highest BCUT2D eigenvalue weighted by Crippen LogP contribution is 2.19. The molecule has 0 spiro atoms. The van der Waals surface area contributed by atoms with Crippen molar-refractivity contribution in [2.45, 2.75) is 50.2 Å². The van der Waals surface area contributed by atoms with Gasteiger partial charge in [0.25, 0.3) is 0 Å². The summed E-state index contributed by atoms with van der Waals surface area (Å²) in [6, 6.07) is 4.34. The first-order chi connectivity index (χ1) is 16.7. The van der Waals surface area contributed by atoms with Crippen LogP contribution in [-0.4, -0.2) is 81.0 Å². The molecule has 0 saturated carbocycles. The molecule has 3 amide bonds. The Labute approximate surface area is 200 Å². The number of carboxylic acids is 2. The van der Waals surface area contributed by atoms with Gasteiger partial charge in [-0.3, -0.25) is 19.2 Å². The molecule has 188 valence electrons. The summed E-state index contributed by atoms with van der Waals surface area (Å²) in [4.78, 5) is 64.4. The minimum atomic E-state index is -1.23. The van der Waals surface area contributed by atoms with Crippen molar-refractivity contribution in [3.05, 3.63) is 36.0 Å². The van der Waals surface area contributed by atoms with Crippen LogP contribution in [0.2, 0.25) is 0 Å². The number of fused-ring (bicyclic) bond motifs is 1. The van der Waals surface area contributed by atoms with E-state index in [0.717, 1.165) is 16.5 Å². The zero-order valence-electron chi connectivity index (χ0n) is 19.0. The zero-order valence-corrected chi connectivity index (χ0v) is 19.0. The van der Waals surface area contributed by atoms with Gasteiger partial charge in [0.1, 0.15) is 12.1 Å². The molecule has 1 aromatic carbocycles. The van der Waals surface area contributed by atoms with Crippen molar-refractivity contribution in [3.63, 3.8) is 0 Å². The third-order valence-corrected chi connectivity index (χ3v) is 6.00. The molecule has 0 bridgehead atoms. The number of carbonyl (C=O) groups is 5. The Kier molecular flexibility index (Phi) is 8.42. The maximum absolute atomic E-state index is 12.7. The third kappa shape index (κ3) is 6.57. The summed E-state index contributed by atoms with van der Waals surface area (Å²) in [5.74, 6) is -4.23. The van der Waals surface area contributed by atoms with Crippen LogP contribution in [0.15, 0.2) is 30.5 Å². The van der Waals surface area contributed by atoms with Crippen molar-refractivity contribution < 1.29 is 34.2 Å². The van der Waals surface area contributed by atoms with E-state index in [1.54, 1.807) is 6.20 Å². The highest BCUT2D eigenvalue weighted by Gasteiger charge is 2.34. The Morgan fingerprint density at radius 1 is 1.14 bits per heavy atom. The minimum absolute atomic E-state index is 0.188. The Morgan fingerprint density at radius 2 is 1.89 bits per heavy atom. The summed E-state index contributed by atoms with van der Waals surface area (Å²) in [7, 11) is 0. The van der Waals surface area contributed by atoms with Gasteiger partial charge in [0.15, 0.2) is 0 Å². The highest BCUT2D eigenvalue weighted by atomic mass is 16.4. The van der Waals surface area contributed by atoms with E-state index in [-0.39, 0.29) is 19.4 Å². The Bertz CT molecular complexity index is 1110. The summed E-state index contributed by atoms with van der Waals surface area (Å²) in [5.41, 5.74) is 7.77. The van der Waals surface area contributed by atoms with Gasteiger partial charge in [-0.2, -0.15) is 0 Å². The van der Waals surface area contributed by atoms with E-state index in [0.29, 0.717) is 12.8 Å². The number of nitrogens with two attached hydrogens (primary N) is 1. The molecule has 1 aliphatic rings. The Hall–Kier alpha value is -3.93. The van der Waals surface area contributed by atoms with Gasteiger partial charge < -0.3 is 36.5 Å². The molecule has 3 unspecified atom stereocenters. The quantitative estimate of drug-likeness (QED) is 0.246. The average Bonchev–Trinajstić information content (AvgIpc) is 3.47. The number of nitrogens with zero attached hydrogens (tertiary/aromatic N) is 1. The number of hydrogen-bond donors (Lipinski definition) is 6. The van der Waals surface area contributed by atoms with Crippen LogP contribution in [0.5, 0.6) is 0 Å². The van der Waals surface area contributed by atoms with Crippen molar-refractivity contribution >= 4 is 40.6 Å². The van der Waals surface area contributed by atoms with Crippen LogP contribution in [0.1, 0.15) is 31.2 Å². The van der Waals surface area contributed by atoms with E-state index in [1.165, 1.54) is 4.90 Å². The number of nitrogens with one attached hydrogen (secondary N) is 3. The van der Waals surface area contributed by atoms with Crippen molar-refractivity contribution in [1.29, 1.82) is 0 Å². The minimum Gasteiger partial charge on any atom is -0.481 e. The fourth-order valence-electron chi connectivity index (χ4n) is 4.15. The van der Waals surface area contributed by atoms with Crippen LogP contribution in [0.3, 0.4) is 0 Å². The third-order valence-electron chi connectivity index (χ3n) is 6.00. The molecule has 1 fully saturated rings. The van der Waals surface area contributed by atoms with Crippen molar-refractivity contribution in [2.75, 3.05) is 13.1 Å². The monoisotopic (exact) mass is 487 g/mol. The van der Waals surface area contributed by atoms with Crippen molar-refractivity contribution in [1.82, 2.24) is 20.5 Å². The van der Waals surface area contributed by atoms with E-state index >= 15 is 0 Å². The number of aromatic nitrogens is 1. The summed E-state index contributed by atoms with van der Waals surface area (Å²) in [5, 5.41) is 24.0. The molecular formula is C23H29N5O7. The van der Waals surface area contributed by atoms with Crippen molar-refractivity contribution in [2.24, 2.45) is 5.73 Å². The number of para-hydroxylation sites is 1. The SMILES string of the molecule is NC(Cc1c[nH]c2ccccc12)C(=O)NC(CCC(=O)O)C(=O)NCC(=O)N1CCCC1C(=O)O. The molecule has 1 aromatic heterocycles. The maximum Gasteiger partial charge on any atom is 0.326 e. The number of aromatic amines is 1. The molecule has 0 radical (unpaired) electrons. The molecule has 3 atom stereocenters. The van der Waals surface area contributed by atoms with Crippen LogP contribution in [0, 0.1) is 0 Å².